The van der Waals surface area contributed by atoms with Gasteiger partial charge in [-0.2, -0.15) is 0 Å². The molecule has 1 aliphatic heterocycles. The average molecular weight is 148 g/mol. The van der Waals surface area contributed by atoms with Crippen LogP contribution in [-0.4, -0.2) is 18.3 Å². The van der Waals surface area contributed by atoms with E-state index in [1.54, 1.807) is 0 Å². The number of carbonyl (C=O) groups is 1. The summed E-state index contributed by atoms with van der Waals surface area (Å²) in [6.07, 6.45) is 0.700. The fourth-order valence-corrected chi connectivity index (χ4v) is 0.599. The zero-order chi connectivity index (χ0) is 6.85. The van der Waals surface area contributed by atoms with Crippen molar-refractivity contribution in [1.29, 1.82) is 0 Å². The Kier molecular flexibility index (Phi) is 1.62. The summed E-state index contributed by atoms with van der Waals surface area (Å²) in [6, 6.07) is 0. The average Bonchev–Trinajstić information content (AvgIpc) is 1.83. The molecule has 0 bridgehead atoms. The fraction of sp³-hybridized carbons (Fsp3) is 0.200. The van der Waals surface area contributed by atoms with Gasteiger partial charge in [0.1, 0.15) is 0 Å². The van der Waals surface area contributed by atoms with E-state index < -0.39 is 12.1 Å². The normalized spacial score (nSPS) is 26.2. The van der Waals surface area contributed by atoms with Crippen LogP contribution in [0.5, 0.6) is 0 Å². The van der Waals surface area contributed by atoms with Crippen molar-refractivity contribution in [3.8, 4) is 0 Å². The zero-order valence-corrected chi connectivity index (χ0v) is 5.10. The lowest BCUT2D eigenvalue weighted by Gasteiger charge is -2.03. The largest absolute Gasteiger partial charge is 0.285 e. The molecule has 0 aliphatic carbocycles. The number of aliphatic imine (C=N–C) groups is 1. The van der Waals surface area contributed by atoms with Gasteiger partial charge in [0.2, 0.25) is 6.17 Å². The standard InChI is InChI=1S/C5H3ClFNO/c6-3-1-2-8-5(9)4(3)7/h1-2,4H. The first-order valence-corrected chi connectivity index (χ1v) is 2.67. The summed E-state index contributed by atoms with van der Waals surface area (Å²) in [5, 5.41) is -0.102. The summed E-state index contributed by atoms with van der Waals surface area (Å²) in [4.78, 5) is 13.5. The number of hydrogen-bond donors (Lipinski definition) is 0. The van der Waals surface area contributed by atoms with Crippen molar-refractivity contribution in [3.63, 3.8) is 0 Å². The van der Waals surface area contributed by atoms with Crippen molar-refractivity contribution in [3.05, 3.63) is 11.1 Å². The van der Waals surface area contributed by atoms with Gasteiger partial charge in [0.15, 0.2) is 0 Å². The highest BCUT2D eigenvalue weighted by Gasteiger charge is 2.21. The van der Waals surface area contributed by atoms with Crippen molar-refractivity contribution in [2.45, 2.75) is 6.17 Å². The van der Waals surface area contributed by atoms with E-state index in [1.807, 2.05) is 0 Å². The van der Waals surface area contributed by atoms with Gasteiger partial charge in [0, 0.05) is 6.21 Å². The Hall–Kier alpha value is -0.700. The van der Waals surface area contributed by atoms with Gasteiger partial charge in [-0.1, -0.05) is 11.6 Å². The molecule has 0 aromatic carbocycles. The van der Waals surface area contributed by atoms with E-state index in [-0.39, 0.29) is 5.03 Å². The molecule has 0 radical (unpaired) electrons. The van der Waals surface area contributed by atoms with E-state index in [1.165, 1.54) is 12.3 Å². The molecule has 0 saturated heterocycles. The molecule has 0 aromatic heterocycles. The molecular weight excluding hydrogens is 145 g/mol. The van der Waals surface area contributed by atoms with Crippen LogP contribution in [0, 0.1) is 0 Å². The number of amides is 1. The Morgan fingerprint density at radius 2 is 2.44 bits per heavy atom. The highest BCUT2D eigenvalue weighted by molar-refractivity contribution is 6.33. The maximum atomic E-state index is 12.3. The van der Waals surface area contributed by atoms with Crippen molar-refractivity contribution < 1.29 is 9.18 Å². The summed E-state index contributed by atoms with van der Waals surface area (Å²) in [5.74, 6) is -0.831. The minimum atomic E-state index is -1.74. The van der Waals surface area contributed by atoms with Crippen LogP contribution in [0.4, 0.5) is 4.39 Å². The number of carbonyl (C=O) groups excluding carboxylic acids is 1. The molecule has 1 amide bonds. The van der Waals surface area contributed by atoms with E-state index in [4.69, 9.17) is 11.6 Å². The SMILES string of the molecule is O=C1N=CC=C(Cl)C1F. The third-order valence-corrected chi connectivity index (χ3v) is 1.21. The van der Waals surface area contributed by atoms with E-state index in [0.717, 1.165) is 0 Å². The van der Waals surface area contributed by atoms with Gasteiger partial charge in [-0.05, 0) is 6.08 Å². The quantitative estimate of drug-likeness (QED) is 0.504. The Morgan fingerprint density at radius 3 is 2.89 bits per heavy atom. The molecule has 1 heterocycles. The van der Waals surface area contributed by atoms with E-state index in [0.29, 0.717) is 0 Å². The molecule has 4 heteroatoms. The first-order chi connectivity index (χ1) is 4.22. The molecule has 48 valence electrons. The van der Waals surface area contributed by atoms with Gasteiger partial charge in [-0.3, -0.25) is 4.79 Å². The molecule has 1 rings (SSSR count). The van der Waals surface area contributed by atoms with Gasteiger partial charge in [0.05, 0.1) is 5.03 Å². The van der Waals surface area contributed by atoms with Crippen molar-refractivity contribution in [2.75, 3.05) is 0 Å². The van der Waals surface area contributed by atoms with Crippen LogP contribution in [0.3, 0.4) is 0 Å². The lowest BCUT2D eigenvalue weighted by atomic mass is 10.3. The summed E-state index contributed by atoms with van der Waals surface area (Å²) < 4.78 is 12.3. The minimum Gasteiger partial charge on any atom is -0.269 e. The number of rotatable bonds is 0. The molecule has 0 saturated carbocycles. The molecule has 0 fully saturated rings. The van der Waals surface area contributed by atoms with Crippen LogP contribution >= 0.6 is 11.6 Å². The van der Waals surface area contributed by atoms with E-state index >= 15 is 0 Å². The van der Waals surface area contributed by atoms with Crippen LogP contribution in [0.25, 0.3) is 0 Å². The Balaban J connectivity index is 2.86. The molecule has 0 spiro atoms. The van der Waals surface area contributed by atoms with E-state index in [2.05, 4.69) is 4.99 Å². The number of allylic oxidation sites excluding steroid dienone is 1. The van der Waals surface area contributed by atoms with Crippen molar-refractivity contribution >= 4 is 23.7 Å². The molecule has 9 heavy (non-hydrogen) atoms. The van der Waals surface area contributed by atoms with Crippen LogP contribution < -0.4 is 0 Å². The second kappa shape index (κ2) is 2.27. The first-order valence-electron chi connectivity index (χ1n) is 2.29. The Morgan fingerprint density at radius 1 is 1.78 bits per heavy atom. The topological polar surface area (TPSA) is 29.4 Å². The summed E-state index contributed by atoms with van der Waals surface area (Å²) in [5.41, 5.74) is 0. The number of alkyl halides is 1. The van der Waals surface area contributed by atoms with Crippen molar-refractivity contribution in [2.24, 2.45) is 4.99 Å². The second-order valence-corrected chi connectivity index (χ2v) is 1.97. The molecule has 1 atom stereocenters. The number of hydrogen-bond acceptors (Lipinski definition) is 1. The zero-order valence-electron chi connectivity index (χ0n) is 4.34. The van der Waals surface area contributed by atoms with Crippen LogP contribution in [-0.2, 0) is 4.79 Å². The summed E-state index contributed by atoms with van der Waals surface area (Å²) in [6.45, 7) is 0. The Bertz CT molecular complexity index is 199. The number of halogens is 2. The highest BCUT2D eigenvalue weighted by Crippen LogP contribution is 2.14. The van der Waals surface area contributed by atoms with Gasteiger partial charge in [0.25, 0.3) is 5.91 Å². The van der Waals surface area contributed by atoms with Gasteiger partial charge >= 0.3 is 0 Å². The highest BCUT2D eigenvalue weighted by atomic mass is 35.5. The van der Waals surface area contributed by atoms with Crippen LogP contribution in [0.1, 0.15) is 0 Å². The second-order valence-electron chi connectivity index (χ2n) is 1.53. The molecular formula is C5H3ClFNO. The minimum absolute atomic E-state index is 0.102. The van der Waals surface area contributed by atoms with E-state index in [9.17, 15) is 9.18 Å². The van der Waals surface area contributed by atoms with Gasteiger partial charge in [-0.25, -0.2) is 9.38 Å². The van der Waals surface area contributed by atoms with Gasteiger partial charge < -0.3 is 0 Å². The maximum absolute atomic E-state index is 12.3. The lowest BCUT2D eigenvalue weighted by Crippen LogP contribution is -2.16. The molecule has 0 N–H and O–H groups in total. The molecule has 2 nitrogen and oxygen atoms in total. The molecule has 1 aliphatic rings. The van der Waals surface area contributed by atoms with Gasteiger partial charge in [-0.15, -0.1) is 0 Å². The predicted octanol–water partition coefficient (Wildman–Crippen LogP) is 1.06. The van der Waals surface area contributed by atoms with Crippen molar-refractivity contribution in [1.82, 2.24) is 0 Å². The molecule has 1 unspecified atom stereocenters. The summed E-state index contributed by atoms with van der Waals surface area (Å²) >= 11 is 5.24. The number of dihydropyridines is 1. The third kappa shape index (κ3) is 1.16. The fourth-order valence-electron chi connectivity index (χ4n) is 0.450. The smallest absolute Gasteiger partial charge is 0.269 e. The van der Waals surface area contributed by atoms with Crippen LogP contribution in [0.2, 0.25) is 0 Å². The Labute approximate surface area is 56.0 Å². The number of nitrogens with zero attached hydrogens (tertiary/aromatic N) is 1. The molecule has 0 aromatic rings. The summed E-state index contributed by atoms with van der Waals surface area (Å²) in [7, 11) is 0. The first kappa shape index (κ1) is 6.42. The predicted molar refractivity (Wildman–Crippen MR) is 32.3 cm³/mol. The third-order valence-electron chi connectivity index (χ3n) is 0.894. The van der Waals surface area contributed by atoms with Crippen LogP contribution in [0.15, 0.2) is 16.1 Å². The lowest BCUT2D eigenvalue weighted by molar-refractivity contribution is -0.121. The monoisotopic (exact) mass is 147 g/mol. The maximum Gasteiger partial charge on any atom is 0.285 e.